The second kappa shape index (κ2) is 8.67. The van der Waals surface area contributed by atoms with Gasteiger partial charge in [0, 0.05) is 44.6 Å². The SMILES string of the molecule is [2H]c1c([2H])c([2H])c(-c2nc(-c3ccc4c(c3)c3cccc5c3n4-c3ncccc3C5(C)C)nc(-c3c([2H])c([2H])c([2H])c([2H])c3C)n2)c([2H])c1[2H]. The summed E-state index contributed by atoms with van der Waals surface area (Å²) in [5.41, 5.74) is 4.34. The van der Waals surface area contributed by atoms with Crippen LogP contribution in [-0.4, -0.2) is 24.5 Å². The van der Waals surface area contributed by atoms with Gasteiger partial charge in [0.1, 0.15) is 5.82 Å². The zero-order valence-corrected chi connectivity index (χ0v) is 22.4. The highest BCUT2D eigenvalue weighted by atomic mass is 15.1. The summed E-state index contributed by atoms with van der Waals surface area (Å²) in [6.07, 6.45) is 1.78. The van der Waals surface area contributed by atoms with E-state index in [1.807, 2.05) is 36.4 Å². The first-order valence-corrected chi connectivity index (χ1v) is 13.2. The van der Waals surface area contributed by atoms with Crippen LogP contribution in [0.2, 0.25) is 0 Å². The fourth-order valence-corrected chi connectivity index (χ4v) is 5.83. The molecule has 5 heteroatoms. The van der Waals surface area contributed by atoms with Crippen LogP contribution in [0.1, 0.15) is 42.9 Å². The molecule has 4 heterocycles. The molecule has 5 nitrogen and oxygen atoms in total. The van der Waals surface area contributed by atoms with Crippen molar-refractivity contribution in [1.82, 2.24) is 24.5 Å². The number of hydrogen-bond donors (Lipinski definition) is 0. The van der Waals surface area contributed by atoms with Crippen LogP contribution in [0.4, 0.5) is 0 Å². The molecule has 1 aliphatic heterocycles. The predicted octanol–water partition coefficient (Wildman–Crippen LogP) is 8.31. The Morgan fingerprint density at radius 3 is 2.29 bits per heavy atom. The number of pyridine rings is 1. The van der Waals surface area contributed by atoms with E-state index in [2.05, 4.69) is 40.5 Å². The Morgan fingerprint density at radius 2 is 1.44 bits per heavy atom. The van der Waals surface area contributed by atoms with E-state index in [0.717, 1.165) is 38.8 Å². The smallest absolute Gasteiger partial charge is 0.164 e. The van der Waals surface area contributed by atoms with Crippen molar-refractivity contribution in [3.63, 3.8) is 0 Å². The molecule has 0 radical (unpaired) electrons. The van der Waals surface area contributed by atoms with Gasteiger partial charge in [-0.1, -0.05) is 92.5 Å². The summed E-state index contributed by atoms with van der Waals surface area (Å²) >= 11 is 0. The van der Waals surface area contributed by atoms with Crippen LogP contribution in [0.5, 0.6) is 0 Å². The van der Waals surface area contributed by atoms with Crippen LogP contribution in [0.3, 0.4) is 0 Å². The average Bonchev–Trinajstić information content (AvgIpc) is 3.45. The molecule has 0 atom stereocenters. The number of aromatic nitrogens is 5. The van der Waals surface area contributed by atoms with Crippen LogP contribution in [0.15, 0.2) is 109 Å². The fraction of sp³-hybridized carbons (Fsp3) is 0.111. The molecule has 41 heavy (non-hydrogen) atoms. The first kappa shape index (κ1) is 16.2. The zero-order chi connectivity index (χ0) is 35.5. The van der Waals surface area contributed by atoms with E-state index in [1.54, 1.807) is 6.20 Å². The van der Waals surface area contributed by atoms with Gasteiger partial charge in [-0.25, -0.2) is 19.9 Å². The van der Waals surface area contributed by atoms with Gasteiger partial charge in [0.15, 0.2) is 17.5 Å². The Kier molecular flexibility index (Phi) is 3.42. The molecule has 0 N–H and O–H groups in total. The second-order valence-corrected chi connectivity index (χ2v) is 10.6. The van der Waals surface area contributed by atoms with Crippen molar-refractivity contribution in [1.29, 1.82) is 0 Å². The molecule has 0 saturated carbocycles. The molecule has 4 aromatic carbocycles. The van der Waals surface area contributed by atoms with Gasteiger partial charge >= 0.3 is 0 Å². The van der Waals surface area contributed by atoms with Gasteiger partial charge in [-0.3, -0.25) is 4.57 Å². The van der Waals surface area contributed by atoms with E-state index in [0.29, 0.717) is 5.56 Å². The summed E-state index contributed by atoms with van der Waals surface area (Å²) in [7, 11) is 0. The molecule has 196 valence electrons. The molecule has 0 aliphatic carbocycles. The lowest BCUT2D eigenvalue weighted by molar-refractivity contribution is 0.624. The highest BCUT2D eigenvalue weighted by molar-refractivity contribution is 6.12. The van der Waals surface area contributed by atoms with Gasteiger partial charge in [-0.15, -0.1) is 0 Å². The molecule has 0 bridgehead atoms. The van der Waals surface area contributed by atoms with Gasteiger partial charge in [0.05, 0.1) is 23.4 Å². The lowest BCUT2D eigenvalue weighted by atomic mass is 9.76. The van der Waals surface area contributed by atoms with E-state index < -0.39 is 42.3 Å². The minimum absolute atomic E-state index is 0.0198. The molecule has 0 unspecified atom stereocenters. The van der Waals surface area contributed by atoms with Crippen LogP contribution in [0.25, 0.3) is 61.8 Å². The molecule has 0 amide bonds. The van der Waals surface area contributed by atoms with Crippen molar-refractivity contribution in [2.45, 2.75) is 26.2 Å². The van der Waals surface area contributed by atoms with Gasteiger partial charge in [-0.05, 0) is 42.3 Å². The molecule has 0 saturated heterocycles. The highest BCUT2D eigenvalue weighted by Gasteiger charge is 2.35. The minimum atomic E-state index is -0.566. The average molecular weight is 539 g/mol. The van der Waals surface area contributed by atoms with E-state index in [1.165, 1.54) is 6.92 Å². The van der Waals surface area contributed by atoms with E-state index in [-0.39, 0.29) is 51.7 Å². The first-order valence-electron chi connectivity index (χ1n) is 17.7. The second-order valence-electron chi connectivity index (χ2n) is 10.6. The summed E-state index contributed by atoms with van der Waals surface area (Å²) in [5.74, 6) is 0.584. The standard InChI is InChI=1S/C36H27N5/c1-22-11-7-8-14-25(22)34-39-32(23-12-5-4-6-13-23)38-33(40-34)24-18-19-30-27(21-24)26-15-9-16-28-31(26)41(30)35-29(36(28,2)3)17-10-20-37-35/h4-21H,1-3H3/i4D,5D,6D,7D,8D,11D,12D,13D,14D. The number of rotatable bonds is 3. The summed E-state index contributed by atoms with van der Waals surface area (Å²) < 4.78 is 77.7. The maximum atomic E-state index is 8.72. The molecule has 1 aliphatic rings. The van der Waals surface area contributed by atoms with Crippen LogP contribution >= 0.6 is 0 Å². The topological polar surface area (TPSA) is 56.5 Å². The maximum absolute atomic E-state index is 8.72. The molecular weight excluding hydrogens is 502 g/mol. The van der Waals surface area contributed by atoms with Crippen LogP contribution in [0, 0.1) is 6.92 Å². The van der Waals surface area contributed by atoms with E-state index >= 15 is 0 Å². The van der Waals surface area contributed by atoms with Gasteiger partial charge in [-0.2, -0.15) is 0 Å². The Bertz CT molecular complexity index is 2500. The summed E-state index contributed by atoms with van der Waals surface area (Å²) in [5, 5.41) is 1.87. The Morgan fingerprint density at radius 1 is 0.707 bits per heavy atom. The molecular formula is C36H27N5. The van der Waals surface area contributed by atoms with Crippen LogP contribution < -0.4 is 0 Å². The third-order valence-electron chi connectivity index (χ3n) is 7.85. The number of nitrogens with zero attached hydrogens (tertiary/aromatic N) is 5. The van der Waals surface area contributed by atoms with Crippen molar-refractivity contribution < 1.29 is 12.3 Å². The summed E-state index contributed by atoms with van der Waals surface area (Å²) in [4.78, 5) is 18.7. The Balaban J connectivity index is 1.45. The van der Waals surface area contributed by atoms with Gasteiger partial charge in [0.2, 0.25) is 0 Å². The van der Waals surface area contributed by atoms with Crippen molar-refractivity contribution in [2.24, 2.45) is 0 Å². The monoisotopic (exact) mass is 538 g/mol. The molecule has 0 spiro atoms. The number of benzene rings is 4. The molecule has 7 aromatic rings. The third kappa shape index (κ3) is 3.48. The number of hydrogen-bond acceptors (Lipinski definition) is 4. The van der Waals surface area contributed by atoms with E-state index in [9.17, 15) is 0 Å². The van der Waals surface area contributed by atoms with Gasteiger partial charge in [0.25, 0.3) is 0 Å². The van der Waals surface area contributed by atoms with Crippen LogP contribution in [-0.2, 0) is 5.41 Å². The normalized spacial score (nSPS) is 16.5. The summed E-state index contributed by atoms with van der Waals surface area (Å²) in [6, 6.07) is 11.7. The Labute approximate surface area is 250 Å². The quantitative estimate of drug-likeness (QED) is 0.227. The van der Waals surface area contributed by atoms with Crippen molar-refractivity contribution in [3.8, 4) is 40.0 Å². The zero-order valence-electron chi connectivity index (χ0n) is 31.4. The maximum Gasteiger partial charge on any atom is 0.164 e. The number of para-hydroxylation sites is 1. The predicted molar refractivity (Wildman–Crippen MR) is 165 cm³/mol. The largest absolute Gasteiger partial charge is 0.293 e. The van der Waals surface area contributed by atoms with Crippen molar-refractivity contribution in [3.05, 3.63) is 126 Å². The van der Waals surface area contributed by atoms with Gasteiger partial charge < -0.3 is 0 Å². The minimum Gasteiger partial charge on any atom is -0.293 e. The lowest BCUT2D eigenvalue weighted by Gasteiger charge is -2.33. The van der Waals surface area contributed by atoms with Crippen molar-refractivity contribution in [2.75, 3.05) is 0 Å². The van der Waals surface area contributed by atoms with E-state index in [4.69, 9.17) is 22.3 Å². The molecule has 8 rings (SSSR count). The van der Waals surface area contributed by atoms with Crippen molar-refractivity contribution >= 4 is 21.8 Å². The highest BCUT2D eigenvalue weighted by Crippen LogP contribution is 2.47. The fourth-order valence-electron chi connectivity index (χ4n) is 5.83. The molecule has 3 aromatic heterocycles. The summed E-state index contributed by atoms with van der Waals surface area (Å²) in [6.45, 7) is 5.90. The number of fused-ring (bicyclic) bond motifs is 5. The lowest BCUT2D eigenvalue weighted by Crippen LogP contribution is -2.26. The Hall–Kier alpha value is -5.16. The third-order valence-corrected chi connectivity index (χ3v) is 7.85. The molecule has 0 fully saturated rings. The first-order chi connectivity index (χ1) is 23.7.